The van der Waals surface area contributed by atoms with Gasteiger partial charge in [-0.25, -0.2) is 0 Å². The first kappa shape index (κ1) is 22.8. The third-order valence-electron chi connectivity index (χ3n) is 5.09. The number of pyridine rings is 1. The van der Waals surface area contributed by atoms with Gasteiger partial charge in [-0.15, -0.1) is 0 Å². The molecule has 0 bridgehead atoms. The highest BCUT2D eigenvalue weighted by Crippen LogP contribution is 2.27. The normalized spacial score (nSPS) is 11.2. The summed E-state index contributed by atoms with van der Waals surface area (Å²) in [6.07, 6.45) is 2.77. The Labute approximate surface area is 200 Å². The summed E-state index contributed by atoms with van der Waals surface area (Å²) < 4.78 is 7.37. The van der Waals surface area contributed by atoms with Gasteiger partial charge in [-0.05, 0) is 61.4 Å². The molecule has 4 aromatic rings. The highest BCUT2D eigenvalue weighted by atomic mass is 35.5. The van der Waals surface area contributed by atoms with Crippen LogP contribution in [0.4, 0.5) is 5.69 Å². The topological polar surface area (TPSA) is 96.5 Å². The van der Waals surface area contributed by atoms with Crippen molar-refractivity contribution in [1.82, 2.24) is 9.38 Å². The average molecular weight is 471 g/mol. The van der Waals surface area contributed by atoms with E-state index in [-0.39, 0.29) is 17.0 Å². The summed E-state index contributed by atoms with van der Waals surface area (Å²) in [5, 5.41) is 12.7. The SMILES string of the molecule is Cc1ccccc1Oc1nc2c(C)cccn2c(=O)c1/C=C(/C#N)C(=O)Nc1cccc(Cl)c1. The molecule has 0 aliphatic heterocycles. The fourth-order valence-corrected chi connectivity index (χ4v) is 3.52. The van der Waals surface area contributed by atoms with Gasteiger partial charge in [0.25, 0.3) is 11.5 Å². The number of fused-ring (bicyclic) bond motifs is 1. The van der Waals surface area contributed by atoms with Crippen molar-refractivity contribution < 1.29 is 9.53 Å². The number of rotatable bonds is 5. The lowest BCUT2D eigenvalue weighted by Gasteiger charge is -2.13. The van der Waals surface area contributed by atoms with Gasteiger partial charge in [0.05, 0.1) is 0 Å². The summed E-state index contributed by atoms with van der Waals surface area (Å²) >= 11 is 5.97. The van der Waals surface area contributed by atoms with Crippen molar-refractivity contribution in [3.8, 4) is 17.7 Å². The minimum atomic E-state index is -0.694. The second kappa shape index (κ2) is 9.61. The maximum atomic E-state index is 13.4. The number of hydrogen-bond donors (Lipinski definition) is 1. The van der Waals surface area contributed by atoms with Gasteiger partial charge in [-0.3, -0.25) is 14.0 Å². The van der Waals surface area contributed by atoms with Gasteiger partial charge in [0, 0.05) is 16.9 Å². The molecule has 0 aliphatic rings. The minimum Gasteiger partial charge on any atom is -0.438 e. The average Bonchev–Trinajstić information content (AvgIpc) is 2.81. The quantitative estimate of drug-likeness (QED) is 0.315. The zero-order valence-electron chi connectivity index (χ0n) is 18.4. The second-order valence-electron chi connectivity index (χ2n) is 7.52. The number of anilines is 1. The van der Waals surface area contributed by atoms with E-state index in [9.17, 15) is 14.9 Å². The van der Waals surface area contributed by atoms with Gasteiger partial charge < -0.3 is 10.1 Å². The highest BCUT2D eigenvalue weighted by Gasteiger charge is 2.18. The number of carbonyl (C=O) groups is 1. The van der Waals surface area contributed by atoms with Crippen molar-refractivity contribution in [3.63, 3.8) is 0 Å². The summed E-state index contributed by atoms with van der Waals surface area (Å²) in [4.78, 5) is 30.7. The van der Waals surface area contributed by atoms with Crippen molar-refractivity contribution in [2.45, 2.75) is 13.8 Å². The van der Waals surface area contributed by atoms with Crippen LogP contribution in [0.5, 0.6) is 11.6 Å². The number of amides is 1. The molecule has 2 heterocycles. The van der Waals surface area contributed by atoms with Crippen molar-refractivity contribution in [2.24, 2.45) is 0 Å². The number of carbonyl (C=O) groups excluding carboxylic acids is 1. The van der Waals surface area contributed by atoms with E-state index < -0.39 is 11.5 Å². The molecule has 0 aliphatic carbocycles. The van der Waals surface area contributed by atoms with Gasteiger partial charge in [-0.2, -0.15) is 10.2 Å². The van der Waals surface area contributed by atoms with Crippen LogP contribution >= 0.6 is 11.6 Å². The predicted octanol–water partition coefficient (Wildman–Crippen LogP) is 5.30. The van der Waals surface area contributed by atoms with E-state index in [1.807, 2.05) is 38.1 Å². The number of aryl methyl sites for hydroxylation is 2. The predicted molar refractivity (Wildman–Crippen MR) is 131 cm³/mol. The monoisotopic (exact) mass is 470 g/mol. The lowest BCUT2D eigenvalue weighted by molar-refractivity contribution is -0.112. The number of para-hydroxylation sites is 1. The first-order valence-electron chi connectivity index (χ1n) is 10.3. The molecule has 0 saturated heterocycles. The number of nitrogens with zero attached hydrogens (tertiary/aromatic N) is 3. The molecular weight excluding hydrogens is 452 g/mol. The second-order valence-corrected chi connectivity index (χ2v) is 7.96. The van der Waals surface area contributed by atoms with Crippen LogP contribution in [-0.2, 0) is 4.79 Å². The molecule has 34 heavy (non-hydrogen) atoms. The van der Waals surface area contributed by atoms with Gasteiger partial charge in [0.2, 0.25) is 5.88 Å². The van der Waals surface area contributed by atoms with Crippen LogP contribution in [0.3, 0.4) is 0 Å². The van der Waals surface area contributed by atoms with E-state index in [4.69, 9.17) is 16.3 Å². The Morgan fingerprint density at radius 2 is 1.88 bits per heavy atom. The molecule has 168 valence electrons. The fraction of sp³-hybridized carbons (Fsp3) is 0.0769. The Bertz CT molecular complexity index is 1550. The molecule has 0 saturated carbocycles. The van der Waals surface area contributed by atoms with E-state index in [0.29, 0.717) is 22.1 Å². The van der Waals surface area contributed by atoms with E-state index in [1.165, 1.54) is 10.5 Å². The first-order chi connectivity index (χ1) is 16.4. The van der Waals surface area contributed by atoms with Crippen LogP contribution in [0.25, 0.3) is 11.7 Å². The first-order valence-corrected chi connectivity index (χ1v) is 10.7. The van der Waals surface area contributed by atoms with E-state index in [2.05, 4.69) is 10.3 Å². The third kappa shape index (κ3) is 4.68. The van der Waals surface area contributed by atoms with Crippen molar-refractivity contribution in [3.05, 3.63) is 105 Å². The van der Waals surface area contributed by atoms with Crippen molar-refractivity contribution >= 4 is 34.9 Å². The summed E-state index contributed by atoms with van der Waals surface area (Å²) in [7, 11) is 0. The number of hydrogen-bond acceptors (Lipinski definition) is 5. The lowest BCUT2D eigenvalue weighted by atomic mass is 10.1. The van der Waals surface area contributed by atoms with Gasteiger partial charge in [0.15, 0.2) is 0 Å². The molecule has 2 aromatic heterocycles. The van der Waals surface area contributed by atoms with E-state index in [1.54, 1.807) is 48.7 Å². The molecule has 0 fully saturated rings. The van der Waals surface area contributed by atoms with Crippen LogP contribution in [-0.4, -0.2) is 15.3 Å². The number of aromatic nitrogens is 2. The molecule has 8 heteroatoms. The van der Waals surface area contributed by atoms with Crippen LogP contribution in [0.1, 0.15) is 16.7 Å². The van der Waals surface area contributed by atoms with Gasteiger partial charge >= 0.3 is 0 Å². The maximum absolute atomic E-state index is 13.4. The molecule has 0 spiro atoms. The molecule has 1 amide bonds. The lowest BCUT2D eigenvalue weighted by Crippen LogP contribution is -2.20. The third-order valence-corrected chi connectivity index (χ3v) is 5.32. The molecule has 0 unspecified atom stereocenters. The molecule has 0 atom stereocenters. The summed E-state index contributed by atoms with van der Waals surface area (Å²) in [6, 6.07) is 19.2. The Morgan fingerprint density at radius 1 is 1.12 bits per heavy atom. The number of benzene rings is 2. The molecule has 0 radical (unpaired) electrons. The minimum absolute atomic E-state index is 0.00287. The standard InChI is InChI=1S/C26H19ClN4O3/c1-16-7-3-4-11-22(16)34-25-21(26(33)31-12-6-8-17(2)23(31)30-25)13-18(15-28)24(32)29-20-10-5-9-19(27)14-20/h3-14H,1-2H3,(H,29,32)/b18-13-. The fourth-order valence-electron chi connectivity index (χ4n) is 3.33. The Kier molecular flexibility index (Phi) is 6.44. The van der Waals surface area contributed by atoms with E-state index in [0.717, 1.165) is 11.1 Å². The number of halogens is 1. The molecule has 1 N–H and O–H groups in total. The van der Waals surface area contributed by atoms with E-state index >= 15 is 0 Å². The Balaban J connectivity index is 1.85. The van der Waals surface area contributed by atoms with Crippen molar-refractivity contribution in [1.29, 1.82) is 5.26 Å². The van der Waals surface area contributed by atoms with Crippen LogP contribution in [0, 0.1) is 25.2 Å². The highest BCUT2D eigenvalue weighted by molar-refractivity contribution is 6.31. The molecular formula is C26H19ClN4O3. The summed E-state index contributed by atoms with van der Waals surface area (Å²) in [5.41, 5.74) is 1.65. The maximum Gasteiger partial charge on any atom is 0.269 e. The number of nitriles is 1. The molecule has 7 nitrogen and oxygen atoms in total. The summed E-state index contributed by atoms with van der Waals surface area (Å²) in [6.45, 7) is 3.69. The van der Waals surface area contributed by atoms with Crippen molar-refractivity contribution in [2.75, 3.05) is 5.32 Å². The molecule has 4 rings (SSSR count). The molecule has 2 aromatic carbocycles. The smallest absolute Gasteiger partial charge is 0.269 e. The largest absolute Gasteiger partial charge is 0.438 e. The number of ether oxygens (including phenoxy) is 1. The zero-order chi connectivity index (χ0) is 24.2. The van der Waals surface area contributed by atoms with Gasteiger partial charge in [0.1, 0.15) is 28.6 Å². The number of nitrogens with one attached hydrogen (secondary N) is 1. The van der Waals surface area contributed by atoms with Crippen LogP contribution < -0.4 is 15.6 Å². The van der Waals surface area contributed by atoms with Crippen LogP contribution in [0.2, 0.25) is 5.02 Å². The zero-order valence-corrected chi connectivity index (χ0v) is 19.1. The van der Waals surface area contributed by atoms with Gasteiger partial charge in [-0.1, -0.05) is 41.9 Å². The Morgan fingerprint density at radius 3 is 2.62 bits per heavy atom. The Hall–Kier alpha value is -4.41. The van der Waals surface area contributed by atoms with Crippen LogP contribution in [0.15, 0.2) is 77.2 Å². The summed E-state index contributed by atoms with van der Waals surface area (Å²) in [5.74, 6) is -0.193.